The van der Waals surface area contributed by atoms with E-state index in [1.807, 2.05) is 0 Å². The molecule has 0 bridgehead atoms. The smallest absolute Gasteiger partial charge is 1.00 e. The van der Waals surface area contributed by atoms with E-state index in [2.05, 4.69) is 0 Å². The number of halogens is 4. The van der Waals surface area contributed by atoms with Gasteiger partial charge in [0.1, 0.15) is 5.75 Å². The molecule has 0 aromatic heterocycles. The zero-order chi connectivity index (χ0) is 16.8. The van der Waals surface area contributed by atoms with Crippen molar-refractivity contribution in [1.82, 2.24) is 0 Å². The third-order valence-corrected chi connectivity index (χ3v) is 3.93. The zero-order valence-electron chi connectivity index (χ0n) is 14.1. The molecule has 1 aliphatic heterocycles. The quantitative estimate of drug-likeness (QED) is 0.818. The topological polar surface area (TPSA) is 46.5 Å². The van der Waals surface area contributed by atoms with Crippen LogP contribution < -0.4 is 34.3 Å². The largest absolute Gasteiger partial charge is 1.00 e. The molecule has 2 rings (SSSR count). The van der Waals surface area contributed by atoms with Crippen molar-refractivity contribution in [3.05, 3.63) is 33.4 Å². The SMILES string of the molecule is Cc1c(Cl)cc(C(C)C)c2c1C=C(C(=O)O)[C@@H](C(F)(F)F)O2.[H-].[Na+]. The summed E-state index contributed by atoms with van der Waals surface area (Å²) in [5, 5.41) is 9.41. The van der Waals surface area contributed by atoms with Crippen LogP contribution in [0.5, 0.6) is 5.75 Å². The van der Waals surface area contributed by atoms with Crippen molar-refractivity contribution in [3.8, 4) is 5.75 Å². The maximum atomic E-state index is 13.1. The molecule has 1 heterocycles. The average molecular weight is 359 g/mol. The van der Waals surface area contributed by atoms with Crippen LogP contribution in [0, 0.1) is 6.92 Å². The second-order valence-corrected chi connectivity index (χ2v) is 5.82. The Labute approximate surface area is 160 Å². The van der Waals surface area contributed by atoms with E-state index >= 15 is 0 Å². The molecule has 0 unspecified atom stereocenters. The van der Waals surface area contributed by atoms with Gasteiger partial charge in [0, 0.05) is 10.6 Å². The van der Waals surface area contributed by atoms with Gasteiger partial charge in [-0.1, -0.05) is 25.4 Å². The van der Waals surface area contributed by atoms with Crippen LogP contribution in [0.1, 0.15) is 37.9 Å². The van der Waals surface area contributed by atoms with Gasteiger partial charge in [0.2, 0.25) is 6.10 Å². The van der Waals surface area contributed by atoms with Crippen LogP contribution in [-0.2, 0) is 4.79 Å². The van der Waals surface area contributed by atoms with Crippen LogP contribution in [0.4, 0.5) is 13.2 Å². The van der Waals surface area contributed by atoms with Gasteiger partial charge in [0.15, 0.2) is 0 Å². The van der Waals surface area contributed by atoms with Gasteiger partial charge in [-0.15, -0.1) is 0 Å². The van der Waals surface area contributed by atoms with E-state index in [9.17, 15) is 18.0 Å². The number of benzene rings is 1. The van der Waals surface area contributed by atoms with Crippen molar-refractivity contribution in [3.63, 3.8) is 0 Å². The summed E-state index contributed by atoms with van der Waals surface area (Å²) < 4.78 is 44.4. The molecule has 1 N–H and O–H groups in total. The predicted octanol–water partition coefficient (Wildman–Crippen LogP) is 1.68. The van der Waals surface area contributed by atoms with E-state index < -0.39 is 23.8 Å². The van der Waals surface area contributed by atoms with Crippen LogP contribution in [0.2, 0.25) is 5.02 Å². The maximum absolute atomic E-state index is 13.1. The van der Waals surface area contributed by atoms with E-state index in [4.69, 9.17) is 21.4 Å². The first-order valence-corrected chi connectivity index (χ1v) is 6.93. The molecule has 0 spiro atoms. The van der Waals surface area contributed by atoms with Crippen molar-refractivity contribution in [1.29, 1.82) is 0 Å². The summed E-state index contributed by atoms with van der Waals surface area (Å²) >= 11 is 6.09. The van der Waals surface area contributed by atoms with Gasteiger partial charge in [-0.05, 0) is 36.1 Å². The number of fused-ring (bicyclic) bond motifs is 1. The number of carboxylic acids is 1. The van der Waals surface area contributed by atoms with E-state index in [1.165, 1.54) is 0 Å². The number of hydrogen-bond acceptors (Lipinski definition) is 2. The fourth-order valence-corrected chi connectivity index (χ4v) is 2.55. The summed E-state index contributed by atoms with van der Waals surface area (Å²) in [7, 11) is 0. The summed E-state index contributed by atoms with van der Waals surface area (Å²) in [5.74, 6) is -1.75. The van der Waals surface area contributed by atoms with Crippen molar-refractivity contribution in [2.75, 3.05) is 0 Å². The predicted molar refractivity (Wildman–Crippen MR) is 77.5 cm³/mol. The third kappa shape index (κ3) is 3.87. The Morgan fingerprint density at radius 3 is 2.43 bits per heavy atom. The molecule has 122 valence electrons. The maximum Gasteiger partial charge on any atom is 1.00 e. The minimum atomic E-state index is -4.82. The Morgan fingerprint density at radius 2 is 2.00 bits per heavy atom. The minimum Gasteiger partial charge on any atom is -1.00 e. The second kappa shape index (κ2) is 7.05. The van der Waals surface area contributed by atoms with E-state index in [-0.39, 0.29) is 48.2 Å². The number of alkyl halides is 3. The van der Waals surface area contributed by atoms with Crippen LogP contribution in [0.25, 0.3) is 6.08 Å². The van der Waals surface area contributed by atoms with Crippen molar-refractivity contribution in [2.45, 2.75) is 39.0 Å². The van der Waals surface area contributed by atoms with Gasteiger partial charge >= 0.3 is 41.7 Å². The molecule has 23 heavy (non-hydrogen) atoms. The zero-order valence-corrected chi connectivity index (χ0v) is 15.8. The van der Waals surface area contributed by atoms with E-state index in [0.717, 1.165) is 6.08 Å². The van der Waals surface area contributed by atoms with E-state index in [0.29, 0.717) is 16.1 Å². The van der Waals surface area contributed by atoms with Gasteiger partial charge in [-0.25, -0.2) is 4.79 Å². The Morgan fingerprint density at radius 1 is 1.43 bits per heavy atom. The molecular formula is C15H15ClF3NaO3. The first-order chi connectivity index (χ1) is 10.0. The normalized spacial score (nSPS) is 17.0. The second-order valence-electron chi connectivity index (χ2n) is 5.41. The fourth-order valence-electron chi connectivity index (χ4n) is 2.33. The summed E-state index contributed by atoms with van der Waals surface area (Å²) in [6.07, 6.45) is -6.30. The van der Waals surface area contributed by atoms with Crippen molar-refractivity contribution in [2.24, 2.45) is 0 Å². The average Bonchev–Trinajstić information content (AvgIpc) is 2.40. The molecule has 0 radical (unpaired) electrons. The van der Waals surface area contributed by atoms with Gasteiger partial charge in [-0.3, -0.25) is 0 Å². The monoisotopic (exact) mass is 358 g/mol. The summed E-state index contributed by atoms with van der Waals surface area (Å²) in [5.41, 5.74) is 0.440. The van der Waals surface area contributed by atoms with Crippen LogP contribution in [0.3, 0.4) is 0 Å². The molecule has 0 aliphatic carbocycles. The number of carboxylic acid groups (broad SMARTS) is 1. The van der Waals surface area contributed by atoms with Gasteiger partial charge < -0.3 is 11.3 Å². The number of hydrogen-bond donors (Lipinski definition) is 1. The van der Waals surface area contributed by atoms with Crippen molar-refractivity contribution >= 4 is 23.6 Å². The van der Waals surface area contributed by atoms with Crippen LogP contribution in [0.15, 0.2) is 11.6 Å². The number of rotatable bonds is 2. The molecule has 8 heteroatoms. The third-order valence-electron chi connectivity index (χ3n) is 3.54. The fraction of sp³-hybridized carbons (Fsp3) is 0.400. The van der Waals surface area contributed by atoms with Crippen LogP contribution in [-0.4, -0.2) is 23.4 Å². The van der Waals surface area contributed by atoms with Gasteiger partial charge in [0.25, 0.3) is 0 Å². The molecule has 0 fully saturated rings. The van der Waals surface area contributed by atoms with E-state index in [1.54, 1.807) is 26.8 Å². The Kier molecular flexibility index (Phi) is 6.24. The summed E-state index contributed by atoms with van der Waals surface area (Å²) in [4.78, 5) is 11.2. The molecule has 1 aromatic carbocycles. The molecule has 1 aliphatic rings. The number of aliphatic carboxylic acids is 1. The van der Waals surface area contributed by atoms with Crippen LogP contribution >= 0.6 is 11.6 Å². The Hall–Kier alpha value is -0.690. The first-order valence-electron chi connectivity index (χ1n) is 6.55. The van der Waals surface area contributed by atoms with Crippen molar-refractivity contribution < 1.29 is 58.8 Å². The summed E-state index contributed by atoms with van der Waals surface area (Å²) in [6.45, 7) is 5.20. The van der Waals surface area contributed by atoms with Gasteiger partial charge in [-0.2, -0.15) is 13.2 Å². The molecular weight excluding hydrogens is 344 g/mol. The number of ether oxygens (including phenoxy) is 1. The minimum absolute atomic E-state index is 0. The molecule has 3 nitrogen and oxygen atoms in total. The molecule has 0 saturated carbocycles. The Balaban J connectivity index is 0.00000264. The van der Waals surface area contributed by atoms with Gasteiger partial charge in [0.05, 0.1) is 5.57 Å². The first kappa shape index (κ1) is 20.4. The molecule has 1 aromatic rings. The molecule has 0 amide bonds. The molecule has 1 atom stereocenters. The standard InChI is InChI=1S/C15H14ClF3O3.Na.H/c1-6(2)8-5-11(16)7(3)9-4-10(14(20)21)13(15(17,18)19)22-12(8)9;;/h4-6,13H,1-3H3,(H,20,21);;/q;+1;-1/t13-;;/m0../s1. The molecule has 0 saturated heterocycles. The Bertz CT molecular complexity index is 675. The number of carbonyl (C=O) groups is 1. The summed E-state index contributed by atoms with van der Waals surface area (Å²) in [6, 6.07) is 1.56.